The van der Waals surface area contributed by atoms with Crippen LogP contribution in [0.5, 0.6) is 0 Å². The molecule has 1 aromatic rings. The molecular formula is C12H21N5O2. The molecule has 0 spiro atoms. The van der Waals surface area contributed by atoms with E-state index in [-0.39, 0.29) is 5.91 Å². The van der Waals surface area contributed by atoms with Crippen molar-refractivity contribution in [2.24, 2.45) is 0 Å². The third-order valence-electron chi connectivity index (χ3n) is 3.41. The average molecular weight is 267 g/mol. The zero-order valence-corrected chi connectivity index (χ0v) is 11.4. The molecule has 0 aromatic carbocycles. The summed E-state index contributed by atoms with van der Waals surface area (Å²) in [6.07, 6.45) is -0.566. The summed E-state index contributed by atoms with van der Waals surface area (Å²) in [5, 5.41) is 17.1. The van der Waals surface area contributed by atoms with Gasteiger partial charge >= 0.3 is 0 Å². The number of hydrogen-bond acceptors (Lipinski definition) is 5. The first-order valence-electron chi connectivity index (χ1n) is 6.44. The highest BCUT2D eigenvalue weighted by Crippen LogP contribution is 2.15. The van der Waals surface area contributed by atoms with Crippen LogP contribution in [0.2, 0.25) is 0 Å². The Morgan fingerprint density at radius 1 is 1.47 bits per heavy atom. The molecule has 1 saturated heterocycles. The highest BCUT2D eigenvalue weighted by Gasteiger charge is 2.20. The highest BCUT2D eigenvalue weighted by molar-refractivity contribution is 5.78. The molecule has 1 atom stereocenters. The van der Waals surface area contributed by atoms with Gasteiger partial charge in [-0.3, -0.25) is 14.4 Å². The minimum atomic E-state index is -0.566. The Kier molecular flexibility index (Phi) is 4.06. The van der Waals surface area contributed by atoms with E-state index < -0.39 is 6.10 Å². The van der Waals surface area contributed by atoms with Gasteiger partial charge in [-0.05, 0) is 13.8 Å². The van der Waals surface area contributed by atoms with E-state index in [2.05, 4.69) is 10.4 Å². The van der Waals surface area contributed by atoms with E-state index >= 15 is 0 Å². The van der Waals surface area contributed by atoms with Crippen LogP contribution < -0.4 is 11.1 Å². The Labute approximate surface area is 112 Å². The van der Waals surface area contributed by atoms with E-state index in [1.807, 2.05) is 18.7 Å². The van der Waals surface area contributed by atoms with Gasteiger partial charge in [0.25, 0.3) is 0 Å². The van der Waals surface area contributed by atoms with Crippen molar-refractivity contribution < 1.29 is 9.90 Å². The fraction of sp³-hybridized carbons (Fsp3) is 0.667. The maximum atomic E-state index is 11.2. The van der Waals surface area contributed by atoms with E-state index in [0.29, 0.717) is 31.9 Å². The number of aromatic nitrogens is 2. The van der Waals surface area contributed by atoms with Gasteiger partial charge in [-0.2, -0.15) is 5.10 Å². The van der Waals surface area contributed by atoms with E-state index in [9.17, 15) is 9.90 Å². The molecule has 1 aromatic heterocycles. The molecule has 0 radical (unpaired) electrons. The second-order valence-electron chi connectivity index (χ2n) is 5.01. The van der Waals surface area contributed by atoms with Crippen LogP contribution in [-0.4, -0.2) is 58.0 Å². The molecule has 0 aliphatic carbocycles. The summed E-state index contributed by atoms with van der Waals surface area (Å²) >= 11 is 0. The lowest BCUT2D eigenvalue weighted by atomic mass is 10.2. The fourth-order valence-corrected chi connectivity index (χ4v) is 2.29. The molecule has 2 heterocycles. The van der Waals surface area contributed by atoms with Crippen LogP contribution in [0.25, 0.3) is 0 Å². The van der Waals surface area contributed by atoms with Crippen molar-refractivity contribution in [2.45, 2.75) is 26.5 Å². The third-order valence-corrected chi connectivity index (χ3v) is 3.41. The number of aliphatic hydroxyl groups is 1. The Bertz CT molecular complexity index is 471. The molecule has 1 unspecified atom stereocenters. The molecule has 7 nitrogen and oxygen atoms in total. The number of nitrogen functional groups attached to an aromatic ring is 1. The maximum Gasteiger partial charge on any atom is 0.234 e. The van der Waals surface area contributed by atoms with Gasteiger partial charge in [0.2, 0.25) is 5.91 Å². The molecule has 1 aliphatic rings. The van der Waals surface area contributed by atoms with Gasteiger partial charge < -0.3 is 16.2 Å². The first-order valence-corrected chi connectivity index (χ1v) is 6.44. The summed E-state index contributed by atoms with van der Waals surface area (Å²) in [6.45, 7) is 6.33. The first-order chi connectivity index (χ1) is 8.97. The van der Waals surface area contributed by atoms with Crippen molar-refractivity contribution in [1.82, 2.24) is 20.0 Å². The number of aryl methyl sites for hydroxylation is 1. The SMILES string of the molecule is Cc1nn(CC(O)CN2CCNC(=O)C2)c(C)c1N. The molecule has 2 rings (SSSR count). The monoisotopic (exact) mass is 267 g/mol. The smallest absolute Gasteiger partial charge is 0.234 e. The summed E-state index contributed by atoms with van der Waals surface area (Å²) in [7, 11) is 0. The number of carbonyl (C=O) groups excluding carboxylic acids is 1. The Balaban J connectivity index is 1.91. The summed E-state index contributed by atoms with van der Waals surface area (Å²) in [6, 6.07) is 0. The second-order valence-corrected chi connectivity index (χ2v) is 5.01. The number of nitrogens with two attached hydrogens (primary N) is 1. The average Bonchev–Trinajstić information content (AvgIpc) is 2.57. The van der Waals surface area contributed by atoms with Gasteiger partial charge in [0.05, 0.1) is 36.3 Å². The number of rotatable bonds is 4. The van der Waals surface area contributed by atoms with Crippen LogP contribution in [0.1, 0.15) is 11.4 Å². The first kappa shape index (κ1) is 13.8. The minimum absolute atomic E-state index is 0.00816. The van der Waals surface area contributed by atoms with E-state index in [1.165, 1.54) is 0 Å². The molecule has 1 fully saturated rings. The number of piperazine rings is 1. The van der Waals surface area contributed by atoms with Gasteiger partial charge in [0.1, 0.15) is 0 Å². The molecule has 0 saturated carbocycles. The maximum absolute atomic E-state index is 11.2. The lowest BCUT2D eigenvalue weighted by Gasteiger charge is -2.28. The Hall–Kier alpha value is -1.60. The van der Waals surface area contributed by atoms with Crippen molar-refractivity contribution in [3.05, 3.63) is 11.4 Å². The normalized spacial score (nSPS) is 18.4. The standard InChI is InChI=1S/C12H21N5O2/c1-8-12(13)9(2)17(15-8)6-10(18)5-16-4-3-14-11(19)7-16/h10,18H,3-7,13H2,1-2H3,(H,14,19). The van der Waals surface area contributed by atoms with Crippen LogP contribution in [0.15, 0.2) is 0 Å². The summed E-state index contributed by atoms with van der Waals surface area (Å²) in [5.74, 6) is 0.00816. The highest BCUT2D eigenvalue weighted by atomic mass is 16.3. The Morgan fingerprint density at radius 3 is 2.79 bits per heavy atom. The molecule has 1 aliphatic heterocycles. The predicted molar refractivity (Wildman–Crippen MR) is 71.6 cm³/mol. The van der Waals surface area contributed by atoms with Crippen LogP contribution in [0, 0.1) is 13.8 Å². The molecule has 19 heavy (non-hydrogen) atoms. The molecule has 106 valence electrons. The third kappa shape index (κ3) is 3.24. The number of anilines is 1. The van der Waals surface area contributed by atoms with Gasteiger partial charge in [0.15, 0.2) is 0 Å². The molecule has 1 amide bonds. The van der Waals surface area contributed by atoms with E-state index in [0.717, 1.165) is 17.9 Å². The van der Waals surface area contributed by atoms with Crippen LogP contribution >= 0.6 is 0 Å². The molecular weight excluding hydrogens is 246 g/mol. The number of nitrogens with zero attached hydrogens (tertiary/aromatic N) is 3. The minimum Gasteiger partial charge on any atom is -0.396 e. The quantitative estimate of drug-likeness (QED) is 0.642. The molecule has 0 bridgehead atoms. The zero-order valence-electron chi connectivity index (χ0n) is 11.4. The van der Waals surface area contributed by atoms with Crippen molar-refractivity contribution >= 4 is 11.6 Å². The largest absolute Gasteiger partial charge is 0.396 e. The van der Waals surface area contributed by atoms with Gasteiger partial charge in [0, 0.05) is 19.6 Å². The summed E-state index contributed by atoms with van der Waals surface area (Å²) < 4.78 is 1.72. The number of amides is 1. The molecule has 7 heteroatoms. The van der Waals surface area contributed by atoms with E-state index in [1.54, 1.807) is 4.68 Å². The van der Waals surface area contributed by atoms with Crippen LogP contribution in [-0.2, 0) is 11.3 Å². The number of nitrogens with one attached hydrogen (secondary N) is 1. The summed E-state index contributed by atoms with van der Waals surface area (Å²) in [5.41, 5.74) is 8.17. The van der Waals surface area contributed by atoms with E-state index in [4.69, 9.17) is 5.73 Å². The fourth-order valence-electron chi connectivity index (χ4n) is 2.29. The van der Waals surface area contributed by atoms with Gasteiger partial charge in [-0.1, -0.05) is 0 Å². The second kappa shape index (κ2) is 5.58. The number of hydrogen-bond donors (Lipinski definition) is 3. The van der Waals surface area contributed by atoms with Crippen molar-refractivity contribution in [3.8, 4) is 0 Å². The number of carbonyl (C=O) groups is 1. The lowest BCUT2D eigenvalue weighted by molar-refractivity contribution is -0.124. The topological polar surface area (TPSA) is 96.4 Å². The van der Waals surface area contributed by atoms with Crippen molar-refractivity contribution in [1.29, 1.82) is 0 Å². The summed E-state index contributed by atoms with van der Waals surface area (Å²) in [4.78, 5) is 13.2. The predicted octanol–water partition coefficient (Wildman–Crippen LogP) is -1.13. The lowest BCUT2D eigenvalue weighted by Crippen LogP contribution is -2.50. The Morgan fingerprint density at radius 2 is 2.21 bits per heavy atom. The van der Waals surface area contributed by atoms with Crippen molar-refractivity contribution in [2.75, 3.05) is 31.9 Å². The number of β-amino-alcohol motifs (C(OH)–C–C–N with tert-alkyl or cyclic N) is 1. The van der Waals surface area contributed by atoms with Crippen LogP contribution in [0.3, 0.4) is 0 Å². The van der Waals surface area contributed by atoms with Crippen molar-refractivity contribution in [3.63, 3.8) is 0 Å². The van der Waals surface area contributed by atoms with Gasteiger partial charge in [-0.15, -0.1) is 0 Å². The van der Waals surface area contributed by atoms with Crippen LogP contribution in [0.4, 0.5) is 5.69 Å². The zero-order chi connectivity index (χ0) is 14.0. The number of aliphatic hydroxyl groups excluding tert-OH is 1. The van der Waals surface area contributed by atoms with Gasteiger partial charge in [-0.25, -0.2) is 0 Å². The molecule has 4 N–H and O–H groups in total.